The van der Waals surface area contributed by atoms with E-state index < -0.39 is 11.2 Å². The van der Waals surface area contributed by atoms with Crippen molar-refractivity contribution >= 4 is 22.5 Å². The molecular formula is C34H60ClN3O4S2. The van der Waals surface area contributed by atoms with Crippen molar-refractivity contribution < 1.29 is 35.7 Å². The van der Waals surface area contributed by atoms with Crippen molar-refractivity contribution in [3.8, 4) is 6.01 Å². The maximum atomic E-state index is 12.8. The first-order valence-electron chi connectivity index (χ1n) is 17.1. The number of thiazole rings is 1. The smallest absolute Gasteiger partial charge is 0.316 e. The summed E-state index contributed by atoms with van der Waals surface area (Å²) in [4.78, 5) is 8.34. The lowest BCUT2D eigenvalue weighted by molar-refractivity contribution is -0.692. The van der Waals surface area contributed by atoms with Gasteiger partial charge in [-0.2, -0.15) is 4.57 Å². The molecule has 0 N–H and O–H groups in total. The first-order chi connectivity index (χ1) is 21.3. The number of hydrogen-bond donors (Lipinski definition) is 0. The van der Waals surface area contributed by atoms with E-state index in [0.717, 1.165) is 32.4 Å². The maximum Gasteiger partial charge on any atom is 0.316 e. The van der Waals surface area contributed by atoms with Gasteiger partial charge in [0.15, 0.2) is 18.8 Å². The van der Waals surface area contributed by atoms with Crippen LogP contribution in [0.2, 0.25) is 0 Å². The predicted molar refractivity (Wildman–Crippen MR) is 179 cm³/mol. The minimum atomic E-state index is -1.02. The third-order valence-corrected chi connectivity index (χ3v) is 9.68. The molecule has 2 rings (SSSR count). The second-order valence-corrected chi connectivity index (χ2v) is 13.9. The molecule has 2 aromatic rings. The summed E-state index contributed by atoms with van der Waals surface area (Å²) in [5.74, 6) is 1.000. The molecule has 2 heterocycles. The van der Waals surface area contributed by atoms with Gasteiger partial charge in [-0.1, -0.05) is 115 Å². The summed E-state index contributed by atoms with van der Waals surface area (Å²) in [7, 11) is 0. The molecule has 0 fully saturated rings. The molecule has 0 saturated heterocycles. The van der Waals surface area contributed by atoms with Crippen molar-refractivity contribution in [2.24, 2.45) is 0 Å². The molecule has 2 unspecified atom stereocenters. The monoisotopic (exact) mass is 673 g/mol. The molecule has 0 bridgehead atoms. The van der Waals surface area contributed by atoms with Gasteiger partial charge in [0.05, 0.1) is 25.2 Å². The molecule has 0 saturated carbocycles. The van der Waals surface area contributed by atoms with Crippen molar-refractivity contribution in [2.75, 3.05) is 37.9 Å². The van der Waals surface area contributed by atoms with Crippen LogP contribution in [0.25, 0.3) is 0 Å². The lowest BCUT2D eigenvalue weighted by atomic mass is 10.0. The number of aromatic nitrogens is 3. The third kappa shape index (κ3) is 24.3. The summed E-state index contributed by atoms with van der Waals surface area (Å²) in [6.45, 7) is 5.71. The number of halogens is 1. The predicted octanol–water partition coefficient (Wildman–Crippen LogP) is 5.10. The molecule has 0 aliphatic carbocycles. The summed E-state index contributed by atoms with van der Waals surface area (Å²) in [5.41, 5.74) is 2.10. The second-order valence-electron chi connectivity index (χ2n) is 11.5. The Morgan fingerprint density at radius 3 is 1.93 bits per heavy atom. The molecule has 0 spiro atoms. The molecule has 0 aromatic carbocycles. The lowest BCUT2D eigenvalue weighted by Crippen LogP contribution is -3.00. The Bertz CT molecular complexity index is 839. The number of aryl methyl sites for hydroxylation is 1. The van der Waals surface area contributed by atoms with Gasteiger partial charge >= 0.3 is 6.01 Å². The molecule has 2 atom stereocenters. The van der Waals surface area contributed by atoms with E-state index in [1.807, 2.05) is 0 Å². The topological polar surface area (TPSA) is 80.4 Å². The molecule has 0 amide bonds. The van der Waals surface area contributed by atoms with Crippen LogP contribution in [0, 0.1) is 0 Å². The Hall–Kier alpha value is -0.970. The molecule has 10 heteroatoms. The van der Waals surface area contributed by atoms with E-state index in [4.69, 9.17) is 14.2 Å². The number of hydrogen-bond acceptors (Lipinski definition) is 7. The van der Waals surface area contributed by atoms with Gasteiger partial charge in [-0.05, 0) is 23.7 Å². The number of ether oxygens (including phenoxy) is 3. The van der Waals surface area contributed by atoms with Gasteiger partial charge in [-0.3, -0.25) is 0 Å². The lowest BCUT2D eigenvalue weighted by Gasteiger charge is -2.20. The fraction of sp³-hybridized carbons (Fsp3) is 0.794. The van der Waals surface area contributed by atoms with Crippen molar-refractivity contribution in [2.45, 2.75) is 135 Å². The fourth-order valence-electron chi connectivity index (χ4n) is 5.03. The molecule has 0 radical (unpaired) electrons. The van der Waals surface area contributed by atoms with Gasteiger partial charge in [-0.25, -0.2) is 9.97 Å². The van der Waals surface area contributed by atoms with Gasteiger partial charge < -0.3 is 31.2 Å². The largest absolute Gasteiger partial charge is 1.00 e. The van der Waals surface area contributed by atoms with E-state index in [-0.39, 0.29) is 18.5 Å². The number of rotatable bonds is 31. The molecular weight excluding hydrogens is 614 g/mol. The fourth-order valence-corrected chi connectivity index (χ4v) is 6.85. The minimum absolute atomic E-state index is 0. The number of unbranched alkanes of at least 4 members (excludes halogenated alkanes) is 15. The normalized spacial score (nSPS) is 12.6. The maximum absolute atomic E-state index is 12.8. The van der Waals surface area contributed by atoms with Crippen LogP contribution in [0.5, 0.6) is 6.01 Å². The van der Waals surface area contributed by atoms with Crippen LogP contribution >= 0.6 is 11.3 Å². The number of nitrogens with zero attached hydrogens (tertiary/aromatic N) is 3. The van der Waals surface area contributed by atoms with Crippen LogP contribution < -0.4 is 21.7 Å². The highest BCUT2D eigenvalue weighted by Gasteiger charge is 2.20. The third-order valence-electron chi connectivity index (χ3n) is 7.52. The van der Waals surface area contributed by atoms with Gasteiger partial charge in [0.2, 0.25) is 5.51 Å². The van der Waals surface area contributed by atoms with Gasteiger partial charge in [-0.15, -0.1) is 0 Å². The van der Waals surface area contributed by atoms with Crippen LogP contribution in [0.3, 0.4) is 0 Å². The van der Waals surface area contributed by atoms with E-state index in [2.05, 4.69) is 38.5 Å². The highest BCUT2D eigenvalue weighted by Crippen LogP contribution is 2.14. The van der Waals surface area contributed by atoms with Gasteiger partial charge in [0, 0.05) is 31.8 Å². The van der Waals surface area contributed by atoms with E-state index in [0.29, 0.717) is 37.3 Å². The zero-order chi connectivity index (χ0) is 30.5. The quantitative estimate of drug-likeness (QED) is 0.0630. The molecule has 254 valence electrons. The Kier molecular flexibility index (Phi) is 28.6. The summed E-state index contributed by atoms with van der Waals surface area (Å²) >= 11 is 0.678. The highest BCUT2D eigenvalue weighted by molar-refractivity contribution is 7.91. The van der Waals surface area contributed by atoms with Crippen molar-refractivity contribution in [1.82, 2.24) is 9.97 Å². The minimum Gasteiger partial charge on any atom is -1.00 e. The van der Waals surface area contributed by atoms with Crippen LogP contribution in [0.1, 0.15) is 122 Å². The second kappa shape index (κ2) is 30.7. The molecule has 7 nitrogen and oxygen atoms in total. The highest BCUT2D eigenvalue weighted by atomic mass is 35.5. The van der Waals surface area contributed by atoms with Gasteiger partial charge in [0.1, 0.15) is 11.5 Å². The van der Waals surface area contributed by atoms with Gasteiger partial charge in [0.25, 0.3) is 0 Å². The molecule has 0 aliphatic rings. The van der Waals surface area contributed by atoms with Crippen LogP contribution in [-0.2, 0) is 27.2 Å². The van der Waals surface area contributed by atoms with Crippen molar-refractivity contribution in [3.63, 3.8) is 0 Å². The van der Waals surface area contributed by atoms with E-state index in [1.54, 1.807) is 29.8 Å². The van der Waals surface area contributed by atoms with Crippen molar-refractivity contribution in [3.05, 3.63) is 35.5 Å². The first kappa shape index (κ1) is 41.1. The summed E-state index contributed by atoms with van der Waals surface area (Å²) in [5, 5.41) is 2.07. The SMILES string of the molecule is CCCCCCCCCCCCCCCCCCOCC(C[S+]([O-])CCCOCCC[n+]1ccsc1)Oc1ncccn1.[Cl-]. The van der Waals surface area contributed by atoms with E-state index in [1.165, 1.54) is 96.3 Å². The zero-order valence-electron chi connectivity index (χ0n) is 27.4. The zero-order valence-corrected chi connectivity index (χ0v) is 29.8. The molecule has 2 aromatic heterocycles. The van der Waals surface area contributed by atoms with E-state index >= 15 is 0 Å². The molecule has 44 heavy (non-hydrogen) atoms. The Labute approximate surface area is 281 Å². The Morgan fingerprint density at radius 2 is 1.34 bits per heavy atom. The average molecular weight is 674 g/mol. The van der Waals surface area contributed by atoms with Crippen LogP contribution in [0.4, 0.5) is 0 Å². The van der Waals surface area contributed by atoms with Crippen molar-refractivity contribution in [1.29, 1.82) is 0 Å². The summed E-state index contributed by atoms with van der Waals surface area (Å²) < 4.78 is 32.5. The summed E-state index contributed by atoms with van der Waals surface area (Å²) in [6, 6.07) is 2.06. The van der Waals surface area contributed by atoms with E-state index in [9.17, 15) is 4.55 Å². The standard InChI is InChI=1S/C34H60N3O4S2.ClH/c1-2-3-4-5-6-7-8-9-10-11-12-13-14-15-16-17-25-40-30-33(41-34-35-21-18-22-36-34)31-43(38)29-20-27-39-26-19-23-37-24-28-42-32-37;/h18,21-22,24,28,32-33H,2-17,19-20,23,25-27,29-31H2,1H3;1H/q+1;/p-1. The van der Waals surface area contributed by atoms with Crippen LogP contribution in [-0.4, -0.2) is 58.6 Å². The Morgan fingerprint density at radius 1 is 0.773 bits per heavy atom. The van der Waals surface area contributed by atoms with Crippen LogP contribution in [0.15, 0.2) is 35.5 Å². The first-order valence-corrected chi connectivity index (χ1v) is 19.6. The Balaban J connectivity index is 0.00000968. The molecule has 0 aliphatic heterocycles. The summed E-state index contributed by atoms with van der Waals surface area (Å²) in [6.07, 6.45) is 28.5. The average Bonchev–Trinajstić information content (AvgIpc) is 3.54.